The predicted octanol–water partition coefficient (Wildman–Crippen LogP) is 4.18. The third-order valence-electron chi connectivity index (χ3n) is 4.65. The van der Waals surface area contributed by atoms with Crippen LogP contribution in [0, 0.1) is 5.92 Å². The molecule has 0 aromatic heterocycles. The van der Waals surface area contributed by atoms with Gasteiger partial charge in [0.25, 0.3) is 0 Å². The van der Waals surface area contributed by atoms with Crippen LogP contribution in [0.15, 0.2) is 60.2 Å². The van der Waals surface area contributed by atoms with Crippen LogP contribution in [0.4, 0.5) is 0 Å². The lowest BCUT2D eigenvalue weighted by atomic mass is 9.76. The Labute approximate surface area is 151 Å². The first-order valence-corrected chi connectivity index (χ1v) is 8.64. The lowest BCUT2D eigenvalue weighted by Crippen LogP contribution is -2.40. The largest absolute Gasteiger partial charge is 0.496 e. The van der Waals surface area contributed by atoms with Gasteiger partial charge in [0.1, 0.15) is 11.4 Å². The van der Waals surface area contributed by atoms with E-state index in [0.717, 1.165) is 23.2 Å². The van der Waals surface area contributed by atoms with Gasteiger partial charge in [0.05, 0.1) is 7.11 Å². The predicted molar refractivity (Wildman–Crippen MR) is 105 cm³/mol. The minimum absolute atomic E-state index is 0.0150. The van der Waals surface area contributed by atoms with Gasteiger partial charge >= 0.3 is 0 Å². The highest BCUT2D eigenvalue weighted by atomic mass is 16.5. The van der Waals surface area contributed by atoms with E-state index >= 15 is 0 Å². The smallest absolute Gasteiger partial charge is 0.125 e. The molecular weight excluding hydrogens is 310 g/mol. The second kappa shape index (κ2) is 8.32. The molecule has 3 nitrogen and oxygen atoms in total. The molecule has 0 amide bonds. The molecule has 0 heterocycles. The van der Waals surface area contributed by atoms with Crippen molar-refractivity contribution in [1.29, 1.82) is 0 Å². The highest BCUT2D eigenvalue weighted by Crippen LogP contribution is 2.42. The summed E-state index contributed by atoms with van der Waals surface area (Å²) in [6, 6.07) is 17.8. The summed E-state index contributed by atoms with van der Waals surface area (Å²) in [5, 5.41) is 11.9. The van der Waals surface area contributed by atoms with Crippen molar-refractivity contribution in [2.45, 2.75) is 19.4 Å². The number of benzene rings is 2. The third kappa shape index (κ3) is 4.30. The number of rotatable bonds is 7. The van der Waals surface area contributed by atoms with E-state index in [0.29, 0.717) is 5.75 Å². The minimum atomic E-state index is -1.12. The molecule has 0 saturated heterocycles. The summed E-state index contributed by atoms with van der Waals surface area (Å²) in [6.07, 6.45) is 2.05. The third-order valence-corrected chi connectivity index (χ3v) is 4.65. The van der Waals surface area contributed by atoms with Gasteiger partial charge in [-0.05, 0) is 38.2 Å². The van der Waals surface area contributed by atoms with Crippen LogP contribution in [-0.2, 0) is 5.60 Å². The van der Waals surface area contributed by atoms with Crippen LogP contribution in [-0.4, -0.2) is 37.8 Å². The van der Waals surface area contributed by atoms with Crippen LogP contribution in [0.25, 0.3) is 6.08 Å². The summed E-state index contributed by atoms with van der Waals surface area (Å²) in [7, 11) is 5.69. The lowest BCUT2D eigenvalue weighted by Gasteiger charge is -2.38. The molecule has 2 atom stereocenters. The summed E-state index contributed by atoms with van der Waals surface area (Å²) in [6.45, 7) is 4.83. The molecule has 25 heavy (non-hydrogen) atoms. The molecule has 0 spiro atoms. The minimum Gasteiger partial charge on any atom is -0.496 e. The molecule has 0 radical (unpaired) electrons. The Hall–Kier alpha value is -2.10. The van der Waals surface area contributed by atoms with Crippen molar-refractivity contribution >= 4 is 6.08 Å². The van der Waals surface area contributed by atoms with E-state index in [9.17, 15) is 5.11 Å². The normalized spacial score (nSPS) is 15.7. The van der Waals surface area contributed by atoms with Crippen molar-refractivity contribution in [3.8, 4) is 5.75 Å². The fourth-order valence-corrected chi connectivity index (χ4v) is 3.42. The van der Waals surface area contributed by atoms with E-state index in [2.05, 4.69) is 17.9 Å². The van der Waals surface area contributed by atoms with E-state index in [4.69, 9.17) is 4.74 Å². The van der Waals surface area contributed by atoms with Crippen LogP contribution in [0.1, 0.15) is 25.0 Å². The fraction of sp³-hybridized carbons (Fsp3) is 0.364. The highest BCUT2D eigenvalue weighted by Gasteiger charge is 2.39. The molecule has 0 fully saturated rings. The van der Waals surface area contributed by atoms with Crippen molar-refractivity contribution in [3.05, 3.63) is 71.3 Å². The molecule has 0 aliphatic heterocycles. The molecule has 2 aromatic carbocycles. The molecule has 2 rings (SSSR count). The monoisotopic (exact) mass is 339 g/mol. The Kier molecular flexibility index (Phi) is 6.40. The van der Waals surface area contributed by atoms with Crippen molar-refractivity contribution < 1.29 is 9.84 Å². The Morgan fingerprint density at radius 1 is 1.12 bits per heavy atom. The number of hydrogen-bond acceptors (Lipinski definition) is 3. The van der Waals surface area contributed by atoms with Crippen LogP contribution >= 0.6 is 0 Å². The maximum atomic E-state index is 11.9. The van der Waals surface area contributed by atoms with Gasteiger partial charge in [0.15, 0.2) is 0 Å². The maximum absolute atomic E-state index is 11.9. The van der Waals surface area contributed by atoms with E-state index < -0.39 is 5.60 Å². The molecule has 1 N–H and O–H groups in total. The van der Waals surface area contributed by atoms with E-state index in [1.807, 2.05) is 75.6 Å². The number of ether oxygens (including phenoxy) is 1. The Bertz CT molecular complexity index is 709. The fourth-order valence-electron chi connectivity index (χ4n) is 3.42. The van der Waals surface area contributed by atoms with Crippen molar-refractivity contribution in [3.63, 3.8) is 0 Å². The summed E-state index contributed by atoms with van der Waals surface area (Å²) in [4.78, 5) is 2.10. The lowest BCUT2D eigenvalue weighted by molar-refractivity contribution is 0.00856. The van der Waals surface area contributed by atoms with E-state index in [-0.39, 0.29) is 5.92 Å². The topological polar surface area (TPSA) is 32.7 Å². The summed E-state index contributed by atoms with van der Waals surface area (Å²) in [5.74, 6) is 0.690. The van der Waals surface area contributed by atoms with Crippen molar-refractivity contribution in [2.75, 3.05) is 27.7 Å². The highest BCUT2D eigenvalue weighted by molar-refractivity contribution is 5.57. The van der Waals surface area contributed by atoms with Gasteiger partial charge in [-0.25, -0.2) is 0 Å². The van der Waals surface area contributed by atoms with E-state index in [1.54, 1.807) is 7.11 Å². The zero-order valence-electron chi connectivity index (χ0n) is 15.9. The first-order chi connectivity index (χ1) is 11.9. The zero-order chi connectivity index (χ0) is 18.4. The molecular formula is C22H29NO2. The molecule has 0 saturated carbocycles. The molecule has 134 valence electrons. The average Bonchev–Trinajstić information content (AvgIpc) is 2.61. The van der Waals surface area contributed by atoms with Gasteiger partial charge in [0, 0.05) is 18.0 Å². The molecule has 0 bridgehead atoms. The van der Waals surface area contributed by atoms with Crippen molar-refractivity contribution in [1.82, 2.24) is 4.90 Å². The number of hydrogen-bond donors (Lipinski definition) is 1. The second-order valence-electron chi connectivity index (χ2n) is 6.87. The van der Waals surface area contributed by atoms with E-state index in [1.165, 1.54) is 0 Å². The van der Waals surface area contributed by atoms with Gasteiger partial charge in [0.2, 0.25) is 0 Å². The standard InChI is InChI=1S/C22H29NO2/c1-17(15-19-11-7-6-8-12-19)22(24,18(2)16-23(3)4)20-13-9-10-14-21(20)25-5/h6-15,18,24H,16H2,1-5H3. The zero-order valence-corrected chi connectivity index (χ0v) is 15.9. The molecule has 3 heteroatoms. The van der Waals surface area contributed by atoms with Gasteiger partial charge in [-0.1, -0.05) is 61.5 Å². The summed E-state index contributed by atoms with van der Waals surface area (Å²) >= 11 is 0. The number of aliphatic hydroxyl groups is 1. The molecule has 2 unspecified atom stereocenters. The average molecular weight is 339 g/mol. The SMILES string of the molecule is COc1ccccc1C(O)(C(C)=Cc1ccccc1)C(C)CN(C)C. The van der Waals surface area contributed by atoms with Gasteiger partial charge < -0.3 is 14.7 Å². The van der Waals surface area contributed by atoms with Crippen LogP contribution in [0.5, 0.6) is 5.75 Å². The van der Waals surface area contributed by atoms with Crippen LogP contribution < -0.4 is 4.74 Å². The number of methoxy groups -OCH3 is 1. The van der Waals surface area contributed by atoms with Crippen molar-refractivity contribution in [2.24, 2.45) is 5.92 Å². The van der Waals surface area contributed by atoms with Crippen LogP contribution in [0.3, 0.4) is 0 Å². The summed E-state index contributed by atoms with van der Waals surface area (Å²) in [5.41, 5.74) is 1.66. The quantitative estimate of drug-likeness (QED) is 0.821. The number of para-hydroxylation sites is 1. The Balaban J connectivity index is 2.58. The molecule has 2 aromatic rings. The first-order valence-electron chi connectivity index (χ1n) is 8.64. The Morgan fingerprint density at radius 3 is 2.32 bits per heavy atom. The number of nitrogens with zero attached hydrogens (tertiary/aromatic N) is 1. The van der Waals surface area contributed by atoms with Gasteiger partial charge in [-0.3, -0.25) is 0 Å². The van der Waals surface area contributed by atoms with Gasteiger partial charge in [-0.15, -0.1) is 0 Å². The van der Waals surface area contributed by atoms with Gasteiger partial charge in [-0.2, -0.15) is 0 Å². The summed E-state index contributed by atoms with van der Waals surface area (Å²) < 4.78 is 5.55. The maximum Gasteiger partial charge on any atom is 0.125 e. The first kappa shape index (κ1) is 19.2. The second-order valence-corrected chi connectivity index (χ2v) is 6.87. The molecule has 0 aliphatic rings. The Morgan fingerprint density at radius 2 is 1.72 bits per heavy atom. The molecule has 0 aliphatic carbocycles. The van der Waals surface area contributed by atoms with Crippen LogP contribution in [0.2, 0.25) is 0 Å².